The Balaban J connectivity index is 2.92. The van der Waals surface area contributed by atoms with Crippen molar-refractivity contribution in [3.05, 3.63) is 29.3 Å². The van der Waals surface area contributed by atoms with Crippen molar-refractivity contribution in [1.29, 1.82) is 0 Å². The molecule has 0 aliphatic heterocycles. The first-order valence-electron chi connectivity index (χ1n) is 4.30. The normalized spacial score (nSPS) is 12.8. The zero-order chi connectivity index (χ0) is 9.84. The highest BCUT2D eigenvalue weighted by atomic mass is 16.3. The molecule has 72 valence electrons. The van der Waals surface area contributed by atoms with Crippen molar-refractivity contribution in [2.75, 3.05) is 0 Å². The lowest BCUT2D eigenvalue weighted by molar-refractivity contribution is 0.279. The quantitative estimate of drug-likeness (QED) is 0.645. The predicted molar refractivity (Wildman–Crippen MR) is 51.4 cm³/mol. The molecule has 0 aliphatic rings. The first kappa shape index (κ1) is 10.0. The van der Waals surface area contributed by atoms with E-state index in [4.69, 9.17) is 15.9 Å². The number of benzene rings is 1. The number of hydrogen-bond donors (Lipinski definition) is 3. The molecule has 3 nitrogen and oxygen atoms in total. The Morgan fingerprint density at radius 1 is 1.38 bits per heavy atom. The van der Waals surface area contributed by atoms with Gasteiger partial charge in [0.15, 0.2) is 0 Å². The molecule has 13 heavy (non-hydrogen) atoms. The number of phenols is 1. The molecule has 0 radical (unpaired) electrons. The van der Waals surface area contributed by atoms with Crippen LogP contribution in [-0.4, -0.2) is 16.3 Å². The molecule has 1 aromatic carbocycles. The summed E-state index contributed by atoms with van der Waals surface area (Å²) in [6, 6.07) is 5.04. The molecule has 1 aromatic rings. The lowest BCUT2D eigenvalue weighted by Gasteiger charge is -2.09. The summed E-state index contributed by atoms with van der Waals surface area (Å²) in [4.78, 5) is 0. The van der Waals surface area contributed by atoms with Gasteiger partial charge in [-0.1, -0.05) is 6.07 Å². The van der Waals surface area contributed by atoms with Crippen LogP contribution in [0.2, 0.25) is 0 Å². The van der Waals surface area contributed by atoms with Gasteiger partial charge in [-0.15, -0.1) is 0 Å². The van der Waals surface area contributed by atoms with Crippen LogP contribution in [0.1, 0.15) is 18.1 Å². The first-order chi connectivity index (χ1) is 6.13. The van der Waals surface area contributed by atoms with E-state index in [2.05, 4.69) is 0 Å². The van der Waals surface area contributed by atoms with Crippen molar-refractivity contribution < 1.29 is 10.2 Å². The molecule has 3 heteroatoms. The molecular weight excluding hydrogens is 166 g/mol. The fraction of sp³-hybridized carbons (Fsp3) is 0.400. The van der Waals surface area contributed by atoms with Gasteiger partial charge in [0.2, 0.25) is 0 Å². The van der Waals surface area contributed by atoms with E-state index in [1.54, 1.807) is 18.2 Å². The molecule has 1 atom stereocenters. The highest BCUT2D eigenvalue weighted by Gasteiger charge is 2.04. The molecule has 1 rings (SSSR count). The lowest BCUT2D eigenvalue weighted by atomic mass is 10.0. The molecule has 0 spiro atoms. The SMILES string of the molecule is CC(N)Cc1ccc(O)cc1CO. The lowest BCUT2D eigenvalue weighted by Crippen LogP contribution is -2.18. The number of aromatic hydroxyl groups is 1. The molecule has 0 saturated carbocycles. The number of rotatable bonds is 3. The van der Waals surface area contributed by atoms with Crippen LogP contribution in [-0.2, 0) is 13.0 Å². The molecule has 1 unspecified atom stereocenters. The Morgan fingerprint density at radius 3 is 2.62 bits per heavy atom. The third kappa shape index (κ3) is 2.72. The van der Waals surface area contributed by atoms with Crippen molar-refractivity contribution in [2.45, 2.75) is 26.0 Å². The van der Waals surface area contributed by atoms with Crippen LogP contribution >= 0.6 is 0 Å². The van der Waals surface area contributed by atoms with Crippen LogP contribution in [0.3, 0.4) is 0 Å². The first-order valence-corrected chi connectivity index (χ1v) is 4.30. The minimum Gasteiger partial charge on any atom is -0.508 e. The smallest absolute Gasteiger partial charge is 0.115 e. The Kier molecular flexibility index (Phi) is 3.28. The Labute approximate surface area is 77.8 Å². The monoisotopic (exact) mass is 181 g/mol. The fourth-order valence-corrected chi connectivity index (χ4v) is 1.31. The number of hydrogen-bond acceptors (Lipinski definition) is 3. The zero-order valence-electron chi connectivity index (χ0n) is 7.70. The standard InChI is InChI=1S/C10H15NO2/c1-7(11)4-8-2-3-10(13)5-9(8)6-12/h2-3,5,7,12-13H,4,6,11H2,1H3. The minimum atomic E-state index is -0.0591. The summed E-state index contributed by atoms with van der Waals surface area (Å²) in [7, 11) is 0. The Hall–Kier alpha value is -1.06. The van der Waals surface area contributed by atoms with E-state index in [9.17, 15) is 0 Å². The third-order valence-electron chi connectivity index (χ3n) is 1.90. The van der Waals surface area contributed by atoms with Gasteiger partial charge in [-0.25, -0.2) is 0 Å². The van der Waals surface area contributed by atoms with Crippen LogP contribution in [0, 0.1) is 0 Å². The molecule has 0 bridgehead atoms. The molecule has 0 fully saturated rings. The van der Waals surface area contributed by atoms with Crippen LogP contribution in [0.15, 0.2) is 18.2 Å². The molecule has 0 aliphatic carbocycles. The van der Waals surface area contributed by atoms with Crippen LogP contribution in [0.25, 0.3) is 0 Å². The van der Waals surface area contributed by atoms with E-state index < -0.39 is 0 Å². The Morgan fingerprint density at radius 2 is 2.08 bits per heavy atom. The molecular formula is C10H15NO2. The molecule has 0 aromatic heterocycles. The fourth-order valence-electron chi connectivity index (χ4n) is 1.31. The number of aliphatic hydroxyl groups excluding tert-OH is 1. The molecule has 0 saturated heterocycles. The summed E-state index contributed by atoms with van der Waals surface area (Å²) >= 11 is 0. The van der Waals surface area contributed by atoms with Crippen LogP contribution < -0.4 is 5.73 Å². The van der Waals surface area contributed by atoms with Gasteiger partial charge in [0.25, 0.3) is 0 Å². The van der Waals surface area contributed by atoms with E-state index >= 15 is 0 Å². The van der Waals surface area contributed by atoms with E-state index in [1.165, 1.54) is 0 Å². The summed E-state index contributed by atoms with van der Waals surface area (Å²) in [6.07, 6.45) is 0.718. The van der Waals surface area contributed by atoms with Gasteiger partial charge >= 0.3 is 0 Å². The van der Waals surface area contributed by atoms with Gasteiger partial charge in [-0.05, 0) is 36.6 Å². The summed E-state index contributed by atoms with van der Waals surface area (Å²) in [5, 5.41) is 18.2. The van der Waals surface area contributed by atoms with Crippen molar-refractivity contribution in [1.82, 2.24) is 0 Å². The van der Waals surface area contributed by atoms with Crippen molar-refractivity contribution in [2.24, 2.45) is 5.73 Å². The van der Waals surface area contributed by atoms with E-state index in [0.29, 0.717) is 0 Å². The average Bonchev–Trinajstić information content (AvgIpc) is 2.07. The number of aliphatic hydroxyl groups is 1. The van der Waals surface area contributed by atoms with E-state index in [-0.39, 0.29) is 18.4 Å². The highest BCUT2D eigenvalue weighted by molar-refractivity contribution is 5.34. The maximum atomic E-state index is 9.16. The average molecular weight is 181 g/mol. The molecule has 0 amide bonds. The predicted octanol–water partition coefficient (Wildman–Crippen LogP) is 0.774. The maximum absolute atomic E-state index is 9.16. The largest absolute Gasteiger partial charge is 0.508 e. The second kappa shape index (κ2) is 4.25. The van der Waals surface area contributed by atoms with E-state index in [1.807, 2.05) is 6.92 Å². The van der Waals surface area contributed by atoms with Crippen LogP contribution in [0.5, 0.6) is 5.75 Å². The van der Waals surface area contributed by atoms with Crippen LogP contribution in [0.4, 0.5) is 0 Å². The summed E-state index contributed by atoms with van der Waals surface area (Å²) in [6.45, 7) is 1.85. The maximum Gasteiger partial charge on any atom is 0.115 e. The number of phenolic OH excluding ortho intramolecular Hbond substituents is 1. The topological polar surface area (TPSA) is 66.5 Å². The van der Waals surface area contributed by atoms with E-state index in [0.717, 1.165) is 17.5 Å². The van der Waals surface area contributed by atoms with Crippen molar-refractivity contribution >= 4 is 0 Å². The zero-order valence-corrected chi connectivity index (χ0v) is 7.70. The van der Waals surface area contributed by atoms with Gasteiger partial charge in [0.05, 0.1) is 6.61 Å². The van der Waals surface area contributed by atoms with Crippen molar-refractivity contribution in [3.8, 4) is 5.75 Å². The minimum absolute atomic E-state index is 0.0591. The molecule has 4 N–H and O–H groups in total. The highest BCUT2D eigenvalue weighted by Crippen LogP contribution is 2.17. The number of nitrogens with two attached hydrogens (primary N) is 1. The second-order valence-corrected chi connectivity index (χ2v) is 3.29. The van der Waals surface area contributed by atoms with Gasteiger partial charge in [-0.3, -0.25) is 0 Å². The van der Waals surface area contributed by atoms with Gasteiger partial charge < -0.3 is 15.9 Å². The second-order valence-electron chi connectivity index (χ2n) is 3.29. The third-order valence-corrected chi connectivity index (χ3v) is 1.90. The Bertz CT molecular complexity index is 284. The summed E-state index contributed by atoms with van der Waals surface area (Å²) in [5.74, 6) is 0.178. The van der Waals surface area contributed by atoms with Gasteiger partial charge in [-0.2, -0.15) is 0 Å². The summed E-state index contributed by atoms with van der Waals surface area (Å²) in [5.41, 5.74) is 7.39. The van der Waals surface area contributed by atoms with Gasteiger partial charge in [0.1, 0.15) is 5.75 Å². The molecule has 0 heterocycles. The van der Waals surface area contributed by atoms with Crippen molar-refractivity contribution in [3.63, 3.8) is 0 Å². The summed E-state index contributed by atoms with van der Waals surface area (Å²) < 4.78 is 0. The van der Waals surface area contributed by atoms with Gasteiger partial charge in [0, 0.05) is 6.04 Å².